The molecular weight excluding hydrogens is 258 g/mol. The molecule has 6 nitrogen and oxygen atoms in total. The van der Waals surface area contributed by atoms with Gasteiger partial charge in [-0.05, 0) is 26.0 Å². The monoisotopic (exact) mass is 279 g/mol. The van der Waals surface area contributed by atoms with Crippen LogP contribution in [0.5, 0.6) is 0 Å². The number of anilines is 1. The first-order chi connectivity index (χ1) is 9.45. The number of morpholine rings is 1. The zero-order valence-corrected chi connectivity index (χ0v) is 12.1. The number of hydrogen-bond acceptors (Lipinski definition) is 5. The number of carbonyl (C=O) groups is 1. The Hall–Kier alpha value is -1.66. The quantitative estimate of drug-likeness (QED) is 0.853. The first-order valence-corrected chi connectivity index (χ1v) is 6.67. The number of rotatable bonds is 3. The predicted octanol–water partition coefficient (Wildman–Crippen LogP) is 0.735. The van der Waals surface area contributed by atoms with Gasteiger partial charge in [-0.15, -0.1) is 0 Å². The van der Waals surface area contributed by atoms with Crippen molar-refractivity contribution < 1.29 is 14.6 Å². The van der Waals surface area contributed by atoms with Crippen molar-refractivity contribution in [1.29, 1.82) is 0 Å². The van der Waals surface area contributed by atoms with Crippen molar-refractivity contribution in [2.45, 2.75) is 25.6 Å². The van der Waals surface area contributed by atoms with Gasteiger partial charge in [-0.1, -0.05) is 0 Å². The maximum Gasteiger partial charge on any atom is 0.272 e. The fourth-order valence-corrected chi connectivity index (χ4v) is 2.41. The molecule has 1 fully saturated rings. The molecule has 0 radical (unpaired) electrons. The highest BCUT2D eigenvalue weighted by Gasteiger charge is 2.35. The minimum absolute atomic E-state index is 0.100. The summed E-state index contributed by atoms with van der Waals surface area (Å²) in [4.78, 5) is 18.3. The summed E-state index contributed by atoms with van der Waals surface area (Å²) in [7, 11) is 1.79. The summed E-state index contributed by atoms with van der Waals surface area (Å²) in [6.07, 6.45) is 1.25. The Kier molecular flexibility index (Phi) is 4.25. The minimum atomic E-state index is -0.470. The number of nitrogens with one attached hydrogen (secondary N) is 1. The molecular formula is C14H21N3O3. The van der Waals surface area contributed by atoms with Crippen LogP contribution in [0.4, 0.5) is 5.69 Å². The van der Waals surface area contributed by atoms with Crippen molar-refractivity contribution in [2.75, 3.05) is 32.1 Å². The number of carbonyl (C=O) groups excluding carboxylic acids is 1. The molecule has 1 amide bonds. The molecule has 6 heteroatoms. The second kappa shape index (κ2) is 5.76. The lowest BCUT2D eigenvalue weighted by atomic mass is 10.0. The maximum absolute atomic E-state index is 12.5. The van der Waals surface area contributed by atoms with Crippen LogP contribution in [-0.4, -0.2) is 59.3 Å². The molecule has 1 aromatic heterocycles. The maximum atomic E-state index is 12.5. The van der Waals surface area contributed by atoms with Crippen LogP contribution in [-0.2, 0) is 4.74 Å². The molecule has 0 spiro atoms. The predicted molar refractivity (Wildman–Crippen MR) is 75.7 cm³/mol. The van der Waals surface area contributed by atoms with Gasteiger partial charge in [0.25, 0.3) is 5.91 Å². The standard InChI is InChI=1S/C14H21N3O3/c1-14(2)9-17(7-11(8-18)20-14)13(19)12-6-10(15-3)4-5-16-12/h4-6,11,18H,7-9H2,1-3H3,(H,15,16). The number of aliphatic hydroxyl groups is 1. The highest BCUT2D eigenvalue weighted by Crippen LogP contribution is 2.22. The molecule has 0 bridgehead atoms. The number of aromatic nitrogens is 1. The third kappa shape index (κ3) is 3.26. The van der Waals surface area contributed by atoms with Crippen LogP contribution in [0.3, 0.4) is 0 Å². The van der Waals surface area contributed by atoms with Gasteiger partial charge < -0.3 is 20.1 Å². The van der Waals surface area contributed by atoms with Gasteiger partial charge in [-0.25, -0.2) is 0 Å². The average molecular weight is 279 g/mol. The summed E-state index contributed by atoms with van der Waals surface area (Å²) in [6.45, 7) is 4.58. The van der Waals surface area contributed by atoms with Crippen molar-refractivity contribution in [3.8, 4) is 0 Å². The Morgan fingerprint density at radius 1 is 1.65 bits per heavy atom. The molecule has 1 aliphatic rings. The second-order valence-corrected chi connectivity index (χ2v) is 5.55. The summed E-state index contributed by atoms with van der Waals surface area (Å²) in [6, 6.07) is 3.52. The van der Waals surface area contributed by atoms with E-state index in [0.717, 1.165) is 5.69 Å². The lowest BCUT2D eigenvalue weighted by molar-refractivity contribution is -0.139. The topological polar surface area (TPSA) is 74.7 Å². The molecule has 2 rings (SSSR count). The van der Waals surface area contributed by atoms with Crippen molar-refractivity contribution >= 4 is 11.6 Å². The summed E-state index contributed by atoms with van der Waals surface area (Å²) < 4.78 is 5.71. The van der Waals surface area contributed by atoms with Crippen LogP contribution >= 0.6 is 0 Å². The van der Waals surface area contributed by atoms with Crippen LogP contribution in [0.1, 0.15) is 24.3 Å². The zero-order chi connectivity index (χ0) is 14.8. The Morgan fingerprint density at radius 3 is 3.05 bits per heavy atom. The van der Waals surface area contributed by atoms with E-state index in [4.69, 9.17) is 4.74 Å². The van der Waals surface area contributed by atoms with Crippen LogP contribution in [0.2, 0.25) is 0 Å². The van der Waals surface area contributed by atoms with Crippen molar-refractivity contribution in [3.63, 3.8) is 0 Å². The summed E-state index contributed by atoms with van der Waals surface area (Å²) >= 11 is 0. The van der Waals surface area contributed by atoms with E-state index >= 15 is 0 Å². The summed E-state index contributed by atoms with van der Waals surface area (Å²) in [5, 5.41) is 12.3. The molecule has 1 aromatic rings. The van der Waals surface area contributed by atoms with Crippen LogP contribution in [0.25, 0.3) is 0 Å². The van der Waals surface area contributed by atoms with Gasteiger partial charge in [0, 0.05) is 32.0 Å². The molecule has 0 aliphatic carbocycles. The SMILES string of the molecule is CNc1ccnc(C(=O)N2CC(CO)OC(C)(C)C2)c1. The third-order valence-electron chi connectivity index (χ3n) is 3.24. The van der Waals surface area contributed by atoms with E-state index in [0.29, 0.717) is 18.8 Å². The second-order valence-electron chi connectivity index (χ2n) is 5.55. The van der Waals surface area contributed by atoms with Gasteiger partial charge in [-0.3, -0.25) is 9.78 Å². The number of pyridine rings is 1. The largest absolute Gasteiger partial charge is 0.394 e. The van der Waals surface area contributed by atoms with Gasteiger partial charge in [-0.2, -0.15) is 0 Å². The van der Waals surface area contributed by atoms with Crippen LogP contribution < -0.4 is 5.32 Å². The number of hydrogen-bond donors (Lipinski definition) is 2. The number of ether oxygens (including phenoxy) is 1. The molecule has 20 heavy (non-hydrogen) atoms. The highest BCUT2D eigenvalue weighted by molar-refractivity contribution is 5.93. The van der Waals surface area contributed by atoms with Gasteiger partial charge in [0.15, 0.2) is 0 Å². The summed E-state index contributed by atoms with van der Waals surface area (Å²) in [5.74, 6) is -0.142. The van der Waals surface area contributed by atoms with Gasteiger partial charge in [0.1, 0.15) is 5.69 Å². The van der Waals surface area contributed by atoms with Gasteiger partial charge in [0.05, 0.1) is 18.3 Å². The van der Waals surface area contributed by atoms with E-state index < -0.39 is 5.60 Å². The number of aliphatic hydroxyl groups excluding tert-OH is 1. The van der Waals surface area contributed by atoms with Crippen molar-refractivity contribution in [2.24, 2.45) is 0 Å². The first-order valence-electron chi connectivity index (χ1n) is 6.67. The lowest BCUT2D eigenvalue weighted by Gasteiger charge is -2.42. The van der Waals surface area contributed by atoms with E-state index in [9.17, 15) is 9.90 Å². The van der Waals surface area contributed by atoms with E-state index in [2.05, 4.69) is 10.3 Å². The molecule has 1 unspecified atom stereocenters. The third-order valence-corrected chi connectivity index (χ3v) is 3.24. The van der Waals surface area contributed by atoms with E-state index in [1.807, 2.05) is 13.8 Å². The van der Waals surface area contributed by atoms with Crippen LogP contribution in [0.15, 0.2) is 18.3 Å². The van der Waals surface area contributed by atoms with Crippen molar-refractivity contribution in [1.82, 2.24) is 9.88 Å². The zero-order valence-electron chi connectivity index (χ0n) is 12.1. The highest BCUT2D eigenvalue weighted by atomic mass is 16.5. The Morgan fingerprint density at radius 2 is 2.40 bits per heavy atom. The lowest BCUT2D eigenvalue weighted by Crippen LogP contribution is -2.55. The van der Waals surface area contributed by atoms with E-state index in [1.54, 1.807) is 30.3 Å². The molecule has 0 aromatic carbocycles. The van der Waals surface area contributed by atoms with E-state index in [-0.39, 0.29) is 18.6 Å². The molecule has 1 atom stereocenters. The van der Waals surface area contributed by atoms with E-state index in [1.165, 1.54) is 0 Å². The van der Waals surface area contributed by atoms with Crippen LogP contribution in [0, 0.1) is 0 Å². The summed E-state index contributed by atoms with van der Waals surface area (Å²) in [5.41, 5.74) is 0.767. The molecule has 110 valence electrons. The molecule has 2 heterocycles. The minimum Gasteiger partial charge on any atom is -0.394 e. The number of amides is 1. The van der Waals surface area contributed by atoms with Gasteiger partial charge >= 0.3 is 0 Å². The normalized spacial score (nSPS) is 21.6. The molecule has 1 aliphatic heterocycles. The Bertz CT molecular complexity index is 490. The molecule has 1 saturated heterocycles. The molecule has 2 N–H and O–H groups in total. The first kappa shape index (κ1) is 14.7. The van der Waals surface area contributed by atoms with Gasteiger partial charge in [0.2, 0.25) is 0 Å². The fraction of sp³-hybridized carbons (Fsp3) is 0.571. The smallest absolute Gasteiger partial charge is 0.272 e. The average Bonchev–Trinajstić information content (AvgIpc) is 2.44. The number of nitrogens with zero attached hydrogens (tertiary/aromatic N) is 2. The fourth-order valence-electron chi connectivity index (χ4n) is 2.41. The Balaban J connectivity index is 2.18. The van der Waals surface area contributed by atoms with Crippen molar-refractivity contribution in [3.05, 3.63) is 24.0 Å². The molecule has 0 saturated carbocycles. The Labute approximate surface area is 118 Å².